The number of hydrogen-bond acceptors (Lipinski definition) is 4. The maximum atomic E-state index is 11.5. The van der Waals surface area contributed by atoms with Gasteiger partial charge in [0.05, 0.1) is 11.4 Å². The molecule has 0 fully saturated rings. The topological polar surface area (TPSA) is 64.6 Å². The van der Waals surface area contributed by atoms with Crippen molar-refractivity contribution in [2.75, 3.05) is 29.6 Å². The summed E-state index contributed by atoms with van der Waals surface area (Å²) in [6.07, 6.45) is 0. The number of phenolic OH excluding ortho intramolecular Hbond substituents is 1. The van der Waals surface area contributed by atoms with Gasteiger partial charge in [-0.1, -0.05) is 0 Å². The van der Waals surface area contributed by atoms with Crippen LogP contribution in [0.5, 0.6) is 5.75 Å². The van der Waals surface area contributed by atoms with Crippen molar-refractivity contribution in [1.82, 2.24) is 0 Å². The summed E-state index contributed by atoms with van der Waals surface area (Å²) in [7, 11) is 3.98. The number of benzene rings is 2. The molecule has 0 aliphatic heterocycles. The highest BCUT2D eigenvalue weighted by Crippen LogP contribution is 2.37. The summed E-state index contributed by atoms with van der Waals surface area (Å²) in [5, 5.41) is 16.2. The van der Waals surface area contributed by atoms with Crippen molar-refractivity contribution in [3.8, 4) is 5.75 Å². The van der Waals surface area contributed by atoms with Crippen molar-refractivity contribution in [3.05, 3.63) is 41.5 Å². The number of carbonyl (C=O) groups is 1. The number of nitrogens with one attached hydrogen (secondary N) is 2. The van der Waals surface area contributed by atoms with E-state index in [-0.39, 0.29) is 11.7 Å². The second kappa shape index (κ2) is 6.60. The van der Waals surface area contributed by atoms with Gasteiger partial charge in [-0.2, -0.15) is 0 Å². The van der Waals surface area contributed by atoms with Crippen LogP contribution in [-0.2, 0) is 4.79 Å². The molecule has 0 bridgehead atoms. The third-order valence-electron chi connectivity index (χ3n) is 3.70. The van der Waals surface area contributed by atoms with E-state index in [1.165, 1.54) is 6.92 Å². The quantitative estimate of drug-likeness (QED) is 0.752. The first-order valence-corrected chi connectivity index (χ1v) is 7.44. The fraction of sp³-hybridized carbons (Fsp3) is 0.278. The van der Waals surface area contributed by atoms with Crippen LogP contribution in [0.4, 0.5) is 22.7 Å². The molecule has 5 nitrogen and oxygen atoms in total. The Morgan fingerprint density at radius 3 is 2.26 bits per heavy atom. The van der Waals surface area contributed by atoms with Crippen molar-refractivity contribution in [1.29, 1.82) is 0 Å². The van der Waals surface area contributed by atoms with Crippen LogP contribution >= 0.6 is 0 Å². The Bertz CT molecular complexity index is 722. The van der Waals surface area contributed by atoms with E-state index in [2.05, 4.69) is 10.6 Å². The lowest BCUT2D eigenvalue weighted by Gasteiger charge is -2.18. The lowest BCUT2D eigenvalue weighted by atomic mass is 10.1. The maximum Gasteiger partial charge on any atom is 0.221 e. The fourth-order valence-electron chi connectivity index (χ4n) is 2.41. The van der Waals surface area contributed by atoms with Crippen LogP contribution in [-0.4, -0.2) is 25.1 Å². The number of amides is 1. The summed E-state index contributed by atoms with van der Waals surface area (Å²) in [5.41, 5.74) is 4.77. The van der Waals surface area contributed by atoms with Crippen LogP contribution in [0, 0.1) is 13.8 Å². The Kier molecular flexibility index (Phi) is 4.79. The third-order valence-corrected chi connectivity index (χ3v) is 3.70. The number of carbonyl (C=O) groups excluding carboxylic acids is 1. The summed E-state index contributed by atoms with van der Waals surface area (Å²) in [6, 6.07) is 9.81. The first-order chi connectivity index (χ1) is 10.8. The van der Waals surface area contributed by atoms with Gasteiger partial charge in [0, 0.05) is 38.0 Å². The van der Waals surface area contributed by atoms with Crippen molar-refractivity contribution >= 4 is 28.7 Å². The zero-order valence-corrected chi connectivity index (χ0v) is 14.2. The number of hydrogen-bond donors (Lipinski definition) is 3. The van der Waals surface area contributed by atoms with Crippen LogP contribution in [0.1, 0.15) is 18.1 Å². The van der Waals surface area contributed by atoms with Crippen LogP contribution in [0.2, 0.25) is 0 Å². The summed E-state index contributed by atoms with van der Waals surface area (Å²) in [5.74, 6) is 0.0182. The molecule has 122 valence electrons. The van der Waals surface area contributed by atoms with Crippen LogP contribution in [0.3, 0.4) is 0 Å². The number of aromatic hydroxyl groups is 1. The molecule has 1 amide bonds. The van der Waals surface area contributed by atoms with Crippen molar-refractivity contribution in [2.45, 2.75) is 20.8 Å². The molecule has 23 heavy (non-hydrogen) atoms. The Labute approximate surface area is 136 Å². The SMILES string of the molecule is CC(=O)Nc1c(Nc2ccc(N(C)C)cc2)cc(C)c(O)c1C. The number of rotatable bonds is 4. The average Bonchev–Trinajstić information content (AvgIpc) is 2.49. The zero-order chi connectivity index (χ0) is 17.1. The highest BCUT2D eigenvalue weighted by molar-refractivity contribution is 5.95. The second-order valence-corrected chi connectivity index (χ2v) is 5.84. The van der Waals surface area contributed by atoms with Gasteiger partial charge >= 0.3 is 0 Å². The molecular formula is C18H23N3O2. The molecule has 0 radical (unpaired) electrons. The van der Waals surface area contributed by atoms with E-state index in [9.17, 15) is 9.90 Å². The smallest absolute Gasteiger partial charge is 0.221 e. The van der Waals surface area contributed by atoms with Gasteiger partial charge in [0.2, 0.25) is 5.91 Å². The summed E-state index contributed by atoms with van der Waals surface area (Å²) in [4.78, 5) is 13.5. The predicted octanol–water partition coefficient (Wildman–Crippen LogP) is 3.78. The second-order valence-electron chi connectivity index (χ2n) is 5.84. The number of phenols is 1. The predicted molar refractivity (Wildman–Crippen MR) is 95.9 cm³/mol. The zero-order valence-electron chi connectivity index (χ0n) is 14.2. The van der Waals surface area contributed by atoms with Gasteiger partial charge < -0.3 is 20.6 Å². The van der Waals surface area contributed by atoms with Crippen LogP contribution < -0.4 is 15.5 Å². The molecule has 2 aromatic carbocycles. The first kappa shape index (κ1) is 16.7. The molecule has 5 heteroatoms. The van der Waals surface area contributed by atoms with Crippen molar-refractivity contribution < 1.29 is 9.90 Å². The van der Waals surface area contributed by atoms with E-state index < -0.39 is 0 Å². The largest absolute Gasteiger partial charge is 0.507 e. The van der Waals surface area contributed by atoms with Gasteiger partial charge in [-0.25, -0.2) is 0 Å². The molecule has 0 aliphatic rings. The van der Waals surface area contributed by atoms with Gasteiger partial charge in [0.15, 0.2) is 0 Å². The molecule has 0 saturated heterocycles. The highest BCUT2D eigenvalue weighted by atomic mass is 16.3. The minimum Gasteiger partial charge on any atom is -0.507 e. The molecule has 0 saturated carbocycles. The van der Waals surface area contributed by atoms with Crippen molar-refractivity contribution in [2.24, 2.45) is 0 Å². The van der Waals surface area contributed by atoms with E-state index in [0.717, 1.165) is 22.6 Å². The summed E-state index contributed by atoms with van der Waals surface area (Å²) >= 11 is 0. The molecule has 3 N–H and O–H groups in total. The van der Waals surface area contributed by atoms with E-state index >= 15 is 0 Å². The Balaban J connectivity index is 2.39. The normalized spacial score (nSPS) is 10.3. The van der Waals surface area contributed by atoms with Crippen LogP contribution in [0.15, 0.2) is 30.3 Å². The van der Waals surface area contributed by atoms with E-state index in [0.29, 0.717) is 11.3 Å². The van der Waals surface area contributed by atoms with E-state index in [1.807, 2.05) is 56.3 Å². The molecule has 0 unspecified atom stereocenters. The monoisotopic (exact) mass is 313 g/mol. The van der Waals surface area contributed by atoms with Crippen molar-refractivity contribution in [3.63, 3.8) is 0 Å². The molecule has 0 aromatic heterocycles. The van der Waals surface area contributed by atoms with Gasteiger partial charge in [0.25, 0.3) is 0 Å². The molecule has 0 atom stereocenters. The molecular weight excluding hydrogens is 290 g/mol. The van der Waals surface area contributed by atoms with E-state index in [1.54, 1.807) is 6.92 Å². The lowest BCUT2D eigenvalue weighted by Crippen LogP contribution is -2.10. The van der Waals surface area contributed by atoms with Gasteiger partial charge in [-0.05, 0) is 49.7 Å². The molecule has 0 aliphatic carbocycles. The minimum absolute atomic E-state index is 0.178. The van der Waals surface area contributed by atoms with Gasteiger partial charge in [-0.15, -0.1) is 0 Å². The maximum absolute atomic E-state index is 11.5. The third kappa shape index (κ3) is 3.74. The summed E-state index contributed by atoms with van der Waals surface area (Å²) in [6.45, 7) is 5.07. The number of aryl methyl sites for hydroxylation is 1. The van der Waals surface area contributed by atoms with Crippen LogP contribution in [0.25, 0.3) is 0 Å². The molecule has 0 spiro atoms. The Hall–Kier alpha value is -2.69. The first-order valence-electron chi connectivity index (χ1n) is 7.44. The average molecular weight is 313 g/mol. The number of nitrogens with zero attached hydrogens (tertiary/aromatic N) is 1. The Morgan fingerprint density at radius 1 is 1.13 bits per heavy atom. The molecule has 2 rings (SSSR count). The minimum atomic E-state index is -0.178. The Morgan fingerprint density at radius 2 is 1.74 bits per heavy atom. The standard InChI is InChI=1S/C18H23N3O2/c1-11-10-16(17(19-13(3)22)12(2)18(11)23)20-14-6-8-15(9-7-14)21(4)5/h6-10,20,23H,1-5H3,(H,19,22). The lowest BCUT2D eigenvalue weighted by molar-refractivity contribution is -0.114. The van der Waals surface area contributed by atoms with E-state index in [4.69, 9.17) is 0 Å². The van der Waals surface area contributed by atoms with Gasteiger partial charge in [0.1, 0.15) is 5.75 Å². The number of anilines is 4. The summed E-state index contributed by atoms with van der Waals surface area (Å²) < 4.78 is 0. The molecule has 0 heterocycles. The van der Waals surface area contributed by atoms with Gasteiger partial charge in [-0.3, -0.25) is 4.79 Å². The molecule has 2 aromatic rings. The highest BCUT2D eigenvalue weighted by Gasteiger charge is 2.14. The fourth-order valence-corrected chi connectivity index (χ4v) is 2.41.